The van der Waals surface area contributed by atoms with Gasteiger partial charge in [0.2, 0.25) is 0 Å². The molecule has 0 amide bonds. The van der Waals surface area contributed by atoms with Crippen molar-refractivity contribution in [2.24, 2.45) is 0 Å². The molecule has 0 saturated heterocycles. The van der Waals surface area contributed by atoms with E-state index in [-0.39, 0.29) is 11.4 Å². The van der Waals surface area contributed by atoms with Crippen LogP contribution in [0.2, 0.25) is 0 Å². The van der Waals surface area contributed by atoms with E-state index in [4.69, 9.17) is 0 Å². The molecule has 84 valence electrons. The monoisotopic (exact) mass is 228 g/mol. The van der Waals surface area contributed by atoms with Crippen molar-refractivity contribution in [3.63, 3.8) is 0 Å². The number of halogens is 3. The molecule has 0 aliphatic carbocycles. The van der Waals surface area contributed by atoms with Crippen molar-refractivity contribution in [3.8, 4) is 11.4 Å². The van der Waals surface area contributed by atoms with Crippen LogP contribution in [0.5, 0.6) is 5.75 Å². The molecule has 0 aliphatic rings. The summed E-state index contributed by atoms with van der Waals surface area (Å²) in [5.74, 6) is -0.674. The molecule has 16 heavy (non-hydrogen) atoms. The lowest BCUT2D eigenvalue weighted by atomic mass is 10.3. The molecule has 0 saturated carbocycles. The lowest BCUT2D eigenvalue weighted by molar-refractivity contribution is -0.0499. The first-order valence-corrected chi connectivity index (χ1v) is 4.41. The van der Waals surface area contributed by atoms with Crippen molar-refractivity contribution in [3.05, 3.63) is 42.5 Å². The van der Waals surface area contributed by atoms with Crippen LogP contribution in [-0.2, 0) is 0 Å². The fourth-order valence-corrected chi connectivity index (χ4v) is 1.28. The summed E-state index contributed by atoms with van der Waals surface area (Å²) in [5.41, 5.74) is 0.130. The van der Waals surface area contributed by atoms with Crippen molar-refractivity contribution < 1.29 is 17.9 Å². The molecular formula is C10H7F3N2O. The van der Waals surface area contributed by atoms with E-state index in [1.165, 1.54) is 17.1 Å². The number of ether oxygens (including phenoxy) is 1. The van der Waals surface area contributed by atoms with Crippen LogP contribution in [0.3, 0.4) is 0 Å². The highest BCUT2D eigenvalue weighted by molar-refractivity contribution is 5.46. The molecule has 0 unspecified atom stereocenters. The minimum Gasteiger partial charge on any atom is -0.433 e. The van der Waals surface area contributed by atoms with Crippen molar-refractivity contribution in [1.82, 2.24) is 9.78 Å². The number of nitrogens with zero attached hydrogens (tertiary/aromatic N) is 2. The Morgan fingerprint density at radius 2 is 2.12 bits per heavy atom. The van der Waals surface area contributed by atoms with Gasteiger partial charge in [-0.3, -0.25) is 0 Å². The molecule has 0 atom stereocenters. The Balaban J connectivity index is 2.45. The largest absolute Gasteiger partial charge is 0.433 e. The summed E-state index contributed by atoms with van der Waals surface area (Å²) in [6.07, 6.45) is 2.96. The van der Waals surface area contributed by atoms with Gasteiger partial charge in [-0.15, -0.1) is 0 Å². The smallest absolute Gasteiger partial charge is 0.387 e. The molecule has 6 heteroatoms. The Morgan fingerprint density at radius 3 is 2.75 bits per heavy atom. The van der Waals surface area contributed by atoms with E-state index in [9.17, 15) is 13.2 Å². The summed E-state index contributed by atoms with van der Waals surface area (Å²) >= 11 is 0. The SMILES string of the molecule is Fc1ccc(OC(F)F)c(-n2cccn2)c1. The molecule has 1 heterocycles. The van der Waals surface area contributed by atoms with Crippen LogP contribution >= 0.6 is 0 Å². The Labute approximate surface area is 89.1 Å². The lowest BCUT2D eigenvalue weighted by Crippen LogP contribution is -2.06. The van der Waals surface area contributed by atoms with E-state index in [0.717, 1.165) is 18.2 Å². The van der Waals surface area contributed by atoms with Gasteiger partial charge in [0, 0.05) is 18.5 Å². The predicted molar refractivity (Wildman–Crippen MR) is 50.2 cm³/mol. The highest BCUT2D eigenvalue weighted by Crippen LogP contribution is 2.24. The summed E-state index contributed by atoms with van der Waals surface area (Å²) in [7, 11) is 0. The van der Waals surface area contributed by atoms with E-state index in [1.54, 1.807) is 6.07 Å². The quantitative estimate of drug-likeness (QED) is 0.807. The van der Waals surface area contributed by atoms with Crippen LogP contribution in [0.25, 0.3) is 5.69 Å². The third kappa shape index (κ3) is 2.16. The number of benzene rings is 1. The van der Waals surface area contributed by atoms with E-state index in [1.807, 2.05) is 0 Å². The maximum atomic E-state index is 13.0. The Bertz CT molecular complexity index is 471. The Hall–Kier alpha value is -1.98. The van der Waals surface area contributed by atoms with Gasteiger partial charge in [0.25, 0.3) is 0 Å². The second-order valence-electron chi connectivity index (χ2n) is 2.94. The van der Waals surface area contributed by atoms with Gasteiger partial charge in [0.05, 0.1) is 0 Å². The maximum absolute atomic E-state index is 13.0. The third-order valence-electron chi connectivity index (χ3n) is 1.89. The van der Waals surface area contributed by atoms with Crippen molar-refractivity contribution in [2.45, 2.75) is 6.61 Å². The van der Waals surface area contributed by atoms with Gasteiger partial charge in [0.15, 0.2) is 5.75 Å². The van der Waals surface area contributed by atoms with Crippen LogP contribution in [0, 0.1) is 5.82 Å². The van der Waals surface area contributed by atoms with Crippen molar-refractivity contribution in [2.75, 3.05) is 0 Å². The highest BCUT2D eigenvalue weighted by Gasteiger charge is 2.12. The average Bonchev–Trinajstić information content (AvgIpc) is 2.73. The minimum absolute atomic E-state index is 0.125. The molecule has 3 nitrogen and oxygen atoms in total. The topological polar surface area (TPSA) is 27.1 Å². The molecule has 0 radical (unpaired) electrons. The van der Waals surface area contributed by atoms with Gasteiger partial charge >= 0.3 is 6.61 Å². The first kappa shape index (κ1) is 10.5. The second kappa shape index (κ2) is 4.26. The first-order valence-electron chi connectivity index (χ1n) is 4.41. The van der Waals surface area contributed by atoms with Crippen molar-refractivity contribution >= 4 is 0 Å². The van der Waals surface area contributed by atoms with E-state index in [0.29, 0.717) is 0 Å². The zero-order chi connectivity index (χ0) is 11.5. The lowest BCUT2D eigenvalue weighted by Gasteiger charge is -2.10. The maximum Gasteiger partial charge on any atom is 0.387 e. The standard InChI is InChI=1S/C10H7F3N2O/c11-7-2-3-9(16-10(12)13)8(6-7)15-5-1-4-14-15/h1-6,10H. The second-order valence-corrected chi connectivity index (χ2v) is 2.94. The molecule has 1 aromatic heterocycles. The van der Waals surface area contributed by atoms with Crippen LogP contribution in [0.15, 0.2) is 36.7 Å². The first-order chi connectivity index (χ1) is 7.66. The summed E-state index contributed by atoms with van der Waals surface area (Å²) in [6.45, 7) is -2.96. The molecular weight excluding hydrogens is 221 g/mol. The molecule has 0 aliphatic heterocycles. The van der Waals surface area contributed by atoms with E-state index in [2.05, 4.69) is 9.84 Å². The Kier molecular flexibility index (Phi) is 2.80. The molecule has 0 spiro atoms. The zero-order valence-electron chi connectivity index (χ0n) is 7.98. The van der Waals surface area contributed by atoms with E-state index >= 15 is 0 Å². The van der Waals surface area contributed by atoms with Gasteiger partial charge in [-0.05, 0) is 18.2 Å². The van der Waals surface area contributed by atoms with Gasteiger partial charge in [-0.2, -0.15) is 13.9 Å². The highest BCUT2D eigenvalue weighted by atomic mass is 19.3. The number of hydrogen-bond donors (Lipinski definition) is 0. The van der Waals surface area contributed by atoms with Crippen molar-refractivity contribution in [1.29, 1.82) is 0 Å². The molecule has 0 bridgehead atoms. The molecule has 0 fully saturated rings. The molecule has 2 aromatic rings. The van der Waals surface area contributed by atoms with E-state index < -0.39 is 12.4 Å². The van der Waals surface area contributed by atoms with Gasteiger partial charge in [-0.25, -0.2) is 9.07 Å². The fourth-order valence-electron chi connectivity index (χ4n) is 1.28. The number of aromatic nitrogens is 2. The van der Waals surface area contributed by atoms with Crippen LogP contribution < -0.4 is 4.74 Å². The summed E-state index contributed by atoms with van der Waals surface area (Å²) in [4.78, 5) is 0. The molecule has 0 N–H and O–H groups in total. The Morgan fingerprint density at radius 1 is 1.31 bits per heavy atom. The molecule has 1 aromatic carbocycles. The van der Waals surface area contributed by atoms with Crippen LogP contribution in [0.4, 0.5) is 13.2 Å². The number of hydrogen-bond acceptors (Lipinski definition) is 2. The summed E-state index contributed by atoms with van der Waals surface area (Å²) in [6, 6.07) is 4.85. The van der Waals surface area contributed by atoms with Gasteiger partial charge in [0.1, 0.15) is 11.5 Å². The van der Waals surface area contributed by atoms with Crippen LogP contribution in [-0.4, -0.2) is 16.4 Å². The summed E-state index contributed by atoms with van der Waals surface area (Å²) < 4.78 is 42.7. The normalized spacial score (nSPS) is 10.8. The number of alkyl halides is 2. The van der Waals surface area contributed by atoms with Crippen LogP contribution in [0.1, 0.15) is 0 Å². The van der Waals surface area contributed by atoms with Gasteiger partial charge < -0.3 is 4.74 Å². The van der Waals surface area contributed by atoms with Gasteiger partial charge in [-0.1, -0.05) is 0 Å². The number of rotatable bonds is 3. The zero-order valence-corrected chi connectivity index (χ0v) is 7.98. The average molecular weight is 228 g/mol. The third-order valence-corrected chi connectivity index (χ3v) is 1.89. The fraction of sp³-hybridized carbons (Fsp3) is 0.100. The summed E-state index contributed by atoms with van der Waals surface area (Å²) in [5, 5.41) is 3.82. The predicted octanol–water partition coefficient (Wildman–Crippen LogP) is 2.61. The minimum atomic E-state index is -2.96. The molecule has 2 rings (SSSR count).